The van der Waals surface area contributed by atoms with Gasteiger partial charge in [-0.05, 0) is 31.4 Å². The average Bonchev–Trinajstić information content (AvgIpc) is 2.96. The topological polar surface area (TPSA) is 84.9 Å². The highest BCUT2D eigenvalue weighted by molar-refractivity contribution is 5.96. The second-order valence-electron chi connectivity index (χ2n) is 4.86. The fourth-order valence-corrected chi connectivity index (χ4v) is 2.13. The molecular formula is C15H19NO5. The Hall–Kier alpha value is -2.08. The summed E-state index contributed by atoms with van der Waals surface area (Å²) in [6.45, 7) is 2.56. The van der Waals surface area contributed by atoms with Gasteiger partial charge in [-0.25, -0.2) is 4.79 Å². The predicted molar refractivity (Wildman–Crippen MR) is 76.4 cm³/mol. The molecule has 1 aliphatic rings. The molecule has 0 unspecified atom stereocenters. The molecule has 0 aromatic heterocycles. The Morgan fingerprint density at radius 1 is 1.33 bits per heavy atom. The van der Waals surface area contributed by atoms with Gasteiger partial charge in [0.15, 0.2) is 6.10 Å². The lowest BCUT2D eigenvalue weighted by Gasteiger charge is -2.15. The maximum absolute atomic E-state index is 12.1. The van der Waals surface area contributed by atoms with Gasteiger partial charge in [0.25, 0.3) is 5.91 Å². The third-order valence-corrected chi connectivity index (χ3v) is 3.19. The molecule has 1 fully saturated rings. The van der Waals surface area contributed by atoms with Crippen molar-refractivity contribution >= 4 is 17.6 Å². The highest BCUT2D eigenvalue weighted by atomic mass is 16.5. The maximum atomic E-state index is 12.1. The Morgan fingerprint density at radius 2 is 2.05 bits per heavy atom. The van der Waals surface area contributed by atoms with E-state index in [4.69, 9.17) is 14.6 Å². The molecule has 0 aliphatic carbocycles. The Kier molecular flexibility index (Phi) is 5.16. The van der Waals surface area contributed by atoms with E-state index in [0.29, 0.717) is 30.9 Å². The quantitative estimate of drug-likeness (QED) is 0.838. The number of amides is 1. The zero-order valence-electron chi connectivity index (χ0n) is 11.9. The zero-order valence-corrected chi connectivity index (χ0v) is 11.9. The largest absolute Gasteiger partial charge is 0.491 e. The van der Waals surface area contributed by atoms with E-state index in [-0.39, 0.29) is 5.91 Å². The molecule has 0 saturated carbocycles. The standard InChI is InChI=1S/C15H19NO5/c1-2-9-20-11-6-4-3-5-10(11)16-14(17)12-7-8-13(21-12)15(18)19/h3-6,12-13H,2,7-9H2,1H3,(H,16,17)(H,18,19)/t12-,13+/m0/s1. The minimum atomic E-state index is -1.03. The van der Waals surface area contributed by atoms with Crippen molar-refractivity contribution in [1.82, 2.24) is 0 Å². The number of carbonyl (C=O) groups is 2. The summed E-state index contributed by atoms with van der Waals surface area (Å²) in [5.74, 6) is -0.774. The number of carbonyl (C=O) groups excluding carboxylic acids is 1. The first kappa shape index (κ1) is 15.3. The Balaban J connectivity index is 1.98. The molecule has 2 rings (SSSR count). The molecule has 2 atom stereocenters. The number of para-hydroxylation sites is 2. The molecule has 1 aromatic carbocycles. The highest BCUT2D eigenvalue weighted by Gasteiger charge is 2.34. The van der Waals surface area contributed by atoms with Crippen LogP contribution in [0.15, 0.2) is 24.3 Å². The number of hydrogen-bond donors (Lipinski definition) is 2. The van der Waals surface area contributed by atoms with Crippen LogP contribution in [0.2, 0.25) is 0 Å². The zero-order chi connectivity index (χ0) is 15.2. The van der Waals surface area contributed by atoms with E-state index in [1.165, 1.54) is 0 Å². The highest BCUT2D eigenvalue weighted by Crippen LogP contribution is 2.26. The van der Waals surface area contributed by atoms with Crippen molar-refractivity contribution in [2.75, 3.05) is 11.9 Å². The lowest BCUT2D eigenvalue weighted by atomic mass is 10.2. The molecule has 1 heterocycles. The normalized spacial score (nSPS) is 21.0. The lowest BCUT2D eigenvalue weighted by molar-refractivity contribution is -0.150. The predicted octanol–water partition coefficient (Wildman–Crippen LogP) is 2.05. The number of benzene rings is 1. The van der Waals surface area contributed by atoms with Gasteiger partial charge in [-0.2, -0.15) is 0 Å². The summed E-state index contributed by atoms with van der Waals surface area (Å²) in [4.78, 5) is 22.9. The summed E-state index contributed by atoms with van der Waals surface area (Å²) in [5, 5.41) is 11.6. The number of rotatable bonds is 6. The van der Waals surface area contributed by atoms with Gasteiger partial charge in [0.2, 0.25) is 0 Å². The minimum absolute atomic E-state index is 0.341. The maximum Gasteiger partial charge on any atom is 0.332 e. The molecule has 1 saturated heterocycles. The van der Waals surface area contributed by atoms with Crippen LogP contribution in [-0.2, 0) is 14.3 Å². The summed E-state index contributed by atoms with van der Waals surface area (Å²) in [7, 11) is 0. The molecule has 2 N–H and O–H groups in total. The third-order valence-electron chi connectivity index (χ3n) is 3.19. The van der Waals surface area contributed by atoms with Crippen LogP contribution in [0.1, 0.15) is 26.2 Å². The van der Waals surface area contributed by atoms with E-state index in [9.17, 15) is 9.59 Å². The lowest BCUT2D eigenvalue weighted by Crippen LogP contribution is -2.30. The Morgan fingerprint density at radius 3 is 2.71 bits per heavy atom. The number of ether oxygens (including phenoxy) is 2. The first-order chi connectivity index (χ1) is 10.1. The fraction of sp³-hybridized carbons (Fsp3) is 0.467. The van der Waals surface area contributed by atoms with Crippen LogP contribution in [0.4, 0.5) is 5.69 Å². The number of aliphatic carboxylic acids is 1. The van der Waals surface area contributed by atoms with Crippen molar-refractivity contribution in [2.24, 2.45) is 0 Å². The first-order valence-corrected chi connectivity index (χ1v) is 7.02. The van der Waals surface area contributed by atoms with Crippen molar-refractivity contribution in [1.29, 1.82) is 0 Å². The van der Waals surface area contributed by atoms with Crippen LogP contribution in [-0.4, -0.2) is 35.8 Å². The second-order valence-corrected chi connectivity index (χ2v) is 4.86. The molecule has 0 spiro atoms. The van der Waals surface area contributed by atoms with Crippen LogP contribution >= 0.6 is 0 Å². The van der Waals surface area contributed by atoms with E-state index in [1.807, 2.05) is 13.0 Å². The van der Waals surface area contributed by atoms with Crippen molar-refractivity contribution in [3.8, 4) is 5.75 Å². The molecule has 1 aliphatic heterocycles. The number of anilines is 1. The van der Waals surface area contributed by atoms with Crippen LogP contribution in [0.3, 0.4) is 0 Å². The number of nitrogens with one attached hydrogen (secondary N) is 1. The van der Waals surface area contributed by atoms with Crippen molar-refractivity contribution in [3.05, 3.63) is 24.3 Å². The van der Waals surface area contributed by atoms with Gasteiger partial charge in [-0.1, -0.05) is 19.1 Å². The van der Waals surface area contributed by atoms with Gasteiger partial charge in [-0.15, -0.1) is 0 Å². The monoisotopic (exact) mass is 293 g/mol. The second kappa shape index (κ2) is 7.08. The summed E-state index contributed by atoms with van der Waals surface area (Å²) >= 11 is 0. The molecule has 0 bridgehead atoms. The van der Waals surface area contributed by atoms with Gasteiger partial charge in [-0.3, -0.25) is 4.79 Å². The average molecular weight is 293 g/mol. The number of carboxylic acids is 1. The fourth-order valence-electron chi connectivity index (χ4n) is 2.13. The summed E-state index contributed by atoms with van der Waals surface area (Å²) in [6.07, 6.45) is -0.00564. The Labute approximate surface area is 123 Å². The van der Waals surface area contributed by atoms with Crippen molar-refractivity contribution in [2.45, 2.75) is 38.4 Å². The Bertz CT molecular complexity index is 517. The van der Waals surface area contributed by atoms with E-state index in [1.54, 1.807) is 18.2 Å². The molecule has 0 radical (unpaired) electrons. The summed E-state index contributed by atoms with van der Waals surface area (Å²) in [5.41, 5.74) is 0.568. The van der Waals surface area contributed by atoms with Crippen LogP contribution < -0.4 is 10.1 Å². The summed E-state index contributed by atoms with van der Waals surface area (Å²) in [6, 6.07) is 7.14. The van der Waals surface area contributed by atoms with Crippen LogP contribution in [0.25, 0.3) is 0 Å². The smallest absolute Gasteiger partial charge is 0.332 e. The van der Waals surface area contributed by atoms with E-state index in [0.717, 1.165) is 6.42 Å². The van der Waals surface area contributed by atoms with E-state index in [2.05, 4.69) is 5.32 Å². The van der Waals surface area contributed by atoms with Gasteiger partial charge in [0.05, 0.1) is 12.3 Å². The number of carboxylic acid groups (broad SMARTS) is 1. The molecule has 6 nitrogen and oxygen atoms in total. The molecule has 6 heteroatoms. The summed E-state index contributed by atoms with van der Waals surface area (Å²) < 4.78 is 10.8. The van der Waals surface area contributed by atoms with Gasteiger partial charge in [0, 0.05) is 0 Å². The third kappa shape index (κ3) is 3.95. The van der Waals surface area contributed by atoms with Crippen molar-refractivity contribution in [3.63, 3.8) is 0 Å². The van der Waals surface area contributed by atoms with E-state index >= 15 is 0 Å². The van der Waals surface area contributed by atoms with Gasteiger partial charge >= 0.3 is 5.97 Å². The van der Waals surface area contributed by atoms with Crippen LogP contribution in [0, 0.1) is 0 Å². The van der Waals surface area contributed by atoms with Gasteiger partial charge in [0.1, 0.15) is 11.9 Å². The minimum Gasteiger partial charge on any atom is -0.491 e. The van der Waals surface area contributed by atoms with Gasteiger partial charge < -0.3 is 19.9 Å². The SMILES string of the molecule is CCCOc1ccccc1NC(=O)[C@@H]1CC[C@H](C(=O)O)O1. The molecular weight excluding hydrogens is 274 g/mol. The molecule has 1 amide bonds. The van der Waals surface area contributed by atoms with Crippen LogP contribution in [0.5, 0.6) is 5.75 Å². The van der Waals surface area contributed by atoms with E-state index < -0.39 is 18.2 Å². The molecule has 21 heavy (non-hydrogen) atoms. The molecule has 1 aromatic rings. The molecule has 114 valence electrons. The first-order valence-electron chi connectivity index (χ1n) is 7.02. The number of hydrogen-bond acceptors (Lipinski definition) is 4. The van der Waals surface area contributed by atoms with Crippen molar-refractivity contribution < 1.29 is 24.2 Å².